The first-order valence-corrected chi connectivity index (χ1v) is 9.32. The number of aromatic nitrogens is 1. The third-order valence-corrected chi connectivity index (χ3v) is 5.69. The molecule has 1 aromatic heterocycles. The number of amides is 2. The predicted octanol–water partition coefficient (Wildman–Crippen LogP) is 1.82. The molecule has 3 N–H and O–H groups in total. The highest BCUT2D eigenvalue weighted by atomic mass is 19.1. The Hall–Kier alpha value is -2.22. The van der Waals surface area contributed by atoms with Crippen molar-refractivity contribution >= 4 is 23.3 Å². The quantitative estimate of drug-likeness (QED) is 0.695. The summed E-state index contributed by atoms with van der Waals surface area (Å²) in [5.41, 5.74) is -0.609. The van der Waals surface area contributed by atoms with Gasteiger partial charge in [-0.05, 0) is 24.7 Å². The van der Waals surface area contributed by atoms with Gasteiger partial charge in [-0.15, -0.1) is 0 Å². The number of imide groups is 1. The summed E-state index contributed by atoms with van der Waals surface area (Å²) in [6.45, 7) is 7.08. The van der Waals surface area contributed by atoms with Crippen molar-refractivity contribution in [1.29, 1.82) is 0 Å². The molecular weight excluding hydrogens is 351 g/mol. The zero-order valence-electron chi connectivity index (χ0n) is 16.0. The standard InChI is InChI=1S/C19H27FN4O3/c1-18(2,3)19(27)6-8-24(9-7-19)16-13(20)10-12(11-21-16)22-14-4-5-15(25)23-17(14)26/h10-11,14,22,27H,4-9H2,1-3H3,(H,23,25,26). The average molecular weight is 378 g/mol. The first-order chi connectivity index (χ1) is 12.6. The molecule has 2 amide bonds. The minimum atomic E-state index is -0.771. The minimum Gasteiger partial charge on any atom is -0.389 e. The number of hydrogen-bond donors (Lipinski definition) is 3. The van der Waals surface area contributed by atoms with Crippen molar-refractivity contribution in [2.45, 2.75) is 58.1 Å². The highest BCUT2D eigenvalue weighted by Gasteiger charge is 2.42. The highest BCUT2D eigenvalue weighted by molar-refractivity contribution is 6.01. The Bertz CT molecular complexity index is 739. The van der Waals surface area contributed by atoms with Gasteiger partial charge in [-0.25, -0.2) is 9.37 Å². The summed E-state index contributed by atoms with van der Waals surface area (Å²) in [5, 5.41) is 16.0. The Morgan fingerprint density at radius 2 is 2.00 bits per heavy atom. The lowest BCUT2D eigenvalue weighted by Gasteiger charge is -2.46. The van der Waals surface area contributed by atoms with E-state index in [9.17, 15) is 19.1 Å². The van der Waals surface area contributed by atoms with Gasteiger partial charge in [-0.2, -0.15) is 0 Å². The summed E-state index contributed by atoms with van der Waals surface area (Å²) >= 11 is 0. The number of nitrogens with zero attached hydrogens (tertiary/aromatic N) is 2. The zero-order valence-corrected chi connectivity index (χ0v) is 16.0. The molecule has 0 bridgehead atoms. The van der Waals surface area contributed by atoms with E-state index < -0.39 is 23.4 Å². The number of nitrogens with one attached hydrogen (secondary N) is 2. The van der Waals surface area contributed by atoms with Crippen LogP contribution in [0.15, 0.2) is 12.3 Å². The third kappa shape index (κ3) is 4.05. The largest absolute Gasteiger partial charge is 0.389 e. The van der Waals surface area contributed by atoms with Gasteiger partial charge in [0.15, 0.2) is 11.6 Å². The van der Waals surface area contributed by atoms with Gasteiger partial charge >= 0.3 is 0 Å². The molecule has 1 atom stereocenters. The second kappa shape index (κ2) is 7.07. The van der Waals surface area contributed by atoms with Gasteiger partial charge in [0.1, 0.15) is 6.04 Å². The number of rotatable bonds is 3. The number of halogens is 1. The van der Waals surface area contributed by atoms with Crippen LogP contribution in [-0.4, -0.2) is 46.6 Å². The summed E-state index contributed by atoms with van der Waals surface area (Å²) in [6, 6.07) is 0.739. The van der Waals surface area contributed by atoms with E-state index in [0.717, 1.165) is 0 Å². The number of piperidine rings is 2. The van der Waals surface area contributed by atoms with Crippen molar-refractivity contribution in [1.82, 2.24) is 10.3 Å². The maximum Gasteiger partial charge on any atom is 0.249 e. The van der Waals surface area contributed by atoms with Crippen LogP contribution in [0.4, 0.5) is 15.9 Å². The van der Waals surface area contributed by atoms with Crippen molar-refractivity contribution in [3.05, 3.63) is 18.1 Å². The van der Waals surface area contributed by atoms with Crippen LogP contribution in [0.25, 0.3) is 0 Å². The third-order valence-electron chi connectivity index (χ3n) is 5.69. The van der Waals surface area contributed by atoms with Crippen LogP contribution in [0.3, 0.4) is 0 Å². The zero-order chi connectivity index (χ0) is 19.8. The molecule has 1 aromatic rings. The van der Waals surface area contributed by atoms with Crippen molar-refractivity contribution in [3.8, 4) is 0 Å². The lowest BCUT2D eigenvalue weighted by Crippen LogP contribution is -2.52. The van der Waals surface area contributed by atoms with Gasteiger partial charge in [0.05, 0.1) is 17.5 Å². The predicted molar refractivity (Wildman–Crippen MR) is 99.8 cm³/mol. The summed E-state index contributed by atoms with van der Waals surface area (Å²) in [4.78, 5) is 29.1. The Morgan fingerprint density at radius 3 is 2.56 bits per heavy atom. The molecule has 0 saturated carbocycles. The number of aliphatic hydroxyl groups is 1. The molecule has 3 rings (SSSR count). The van der Waals surface area contributed by atoms with Crippen molar-refractivity contribution in [2.75, 3.05) is 23.3 Å². The summed E-state index contributed by atoms with van der Waals surface area (Å²) in [6.07, 6.45) is 3.21. The number of hydrogen-bond acceptors (Lipinski definition) is 6. The Morgan fingerprint density at radius 1 is 1.33 bits per heavy atom. The molecule has 0 aromatic carbocycles. The highest BCUT2D eigenvalue weighted by Crippen LogP contribution is 2.39. The SMILES string of the molecule is CC(C)(C)C1(O)CCN(c2ncc(NC3CCC(=O)NC3=O)cc2F)CC1. The molecule has 1 unspecified atom stereocenters. The number of carbonyl (C=O) groups is 2. The average Bonchev–Trinajstić information content (AvgIpc) is 2.58. The molecule has 0 spiro atoms. The number of anilines is 2. The van der Waals surface area contributed by atoms with E-state index >= 15 is 0 Å². The van der Waals surface area contributed by atoms with E-state index in [0.29, 0.717) is 38.0 Å². The Labute approximate surface area is 158 Å². The van der Waals surface area contributed by atoms with E-state index in [-0.39, 0.29) is 23.6 Å². The number of pyridine rings is 1. The summed E-state index contributed by atoms with van der Waals surface area (Å²) < 4.78 is 14.6. The van der Waals surface area contributed by atoms with Gasteiger partial charge in [0, 0.05) is 25.6 Å². The molecular formula is C19H27FN4O3. The Kier molecular flexibility index (Phi) is 5.12. The fourth-order valence-corrected chi connectivity index (χ4v) is 3.61. The fourth-order valence-electron chi connectivity index (χ4n) is 3.61. The molecule has 0 aliphatic carbocycles. The second-order valence-electron chi connectivity index (χ2n) is 8.45. The van der Waals surface area contributed by atoms with Crippen LogP contribution in [0.1, 0.15) is 46.5 Å². The van der Waals surface area contributed by atoms with Gasteiger partial charge in [0.25, 0.3) is 0 Å². The normalized spacial score (nSPS) is 23.1. The minimum absolute atomic E-state index is 0.235. The maximum atomic E-state index is 14.6. The van der Waals surface area contributed by atoms with Crippen LogP contribution in [0.2, 0.25) is 0 Å². The molecule has 27 heavy (non-hydrogen) atoms. The van der Waals surface area contributed by atoms with Gasteiger partial charge in [-0.1, -0.05) is 20.8 Å². The lowest BCUT2D eigenvalue weighted by atomic mass is 9.71. The number of carbonyl (C=O) groups excluding carboxylic acids is 2. The Balaban J connectivity index is 1.66. The first-order valence-electron chi connectivity index (χ1n) is 9.32. The second-order valence-corrected chi connectivity index (χ2v) is 8.45. The van der Waals surface area contributed by atoms with E-state index in [4.69, 9.17) is 0 Å². The molecule has 2 aliphatic rings. The molecule has 0 radical (unpaired) electrons. The summed E-state index contributed by atoms with van der Waals surface area (Å²) in [7, 11) is 0. The molecule has 8 heteroatoms. The van der Waals surface area contributed by atoms with Crippen molar-refractivity contribution < 1.29 is 19.1 Å². The first kappa shape index (κ1) is 19.5. The van der Waals surface area contributed by atoms with E-state index in [1.165, 1.54) is 12.3 Å². The molecule has 2 fully saturated rings. The van der Waals surface area contributed by atoms with Gasteiger partial charge in [-0.3, -0.25) is 14.9 Å². The molecule has 2 aliphatic heterocycles. The summed E-state index contributed by atoms with van der Waals surface area (Å²) in [5.74, 6) is -0.931. The van der Waals surface area contributed by atoms with Gasteiger partial charge < -0.3 is 15.3 Å². The van der Waals surface area contributed by atoms with Crippen LogP contribution in [-0.2, 0) is 9.59 Å². The van der Waals surface area contributed by atoms with Crippen LogP contribution < -0.4 is 15.5 Å². The van der Waals surface area contributed by atoms with E-state index in [1.54, 1.807) is 0 Å². The maximum absolute atomic E-state index is 14.6. The fraction of sp³-hybridized carbons (Fsp3) is 0.632. The molecule has 2 saturated heterocycles. The van der Waals surface area contributed by atoms with Crippen molar-refractivity contribution in [2.24, 2.45) is 5.41 Å². The smallest absolute Gasteiger partial charge is 0.249 e. The van der Waals surface area contributed by atoms with Crippen molar-refractivity contribution in [3.63, 3.8) is 0 Å². The van der Waals surface area contributed by atoms with Crippen LogP contribution in [0.5, 0.6) is 0 Å². The molecule has 148 valence electrons. The topological polar surface area (TPSA) is 94.6 Å². The van der Waals surface area contributed by atoms with Crippen LogP contribution in [0, 0.1) is 11.2 Å². The van der Waals surface area contributed by atoms with E-state index in [2.05, 4.69) is 15.6 Å². The van der Waals surface area contributed by atoms with Gasteiger partial charge in [0.2, 0.25) is 11.8 Å². The lowest BCUT2D eigenvalue weighted by molar-refractivity contribution is -0.133. The monoisotopic (exact) mass is 378 g/mol. The van der Waals surface area contributed by atoms with E-state index in [1.807, 2.05) is 25.7 Å². The molecule has 3 heterocycles. The van der Waals surface area contributed by atoms with Crippen LogP contribution >= 0.6 is 0 Å². The molecule has 7 nitrogen and oxygen atoms in total.